The predicted molar refractivity (Wildman–Crippen MR) is 63.2 cm³/mol. The molecule has 2 aromatic rings. The Bertz CT molecular complexity index is 621. The van der Waals surface area contributed by atoms with Crippen molar-refractivity contribution in [3.63, 3.8) is 0 Å². The van der Waals surface area contributed by atoms with E-state index in [1.54, 1.807) is 6.07 Å². The van der Waals surface area contributed by atoms with Gasteiger partial charge in [0.25, 0.3) is 5.91 Å². The fourth-order valence-electron chi connectivity index (χ4n) is 1.50. The van der Waals surface area contributed by atoms with Crippen LogP contribution in [0.3, 0.4) is 0 Å². The second kappa shape index (κ2) is 5.34. The maximum atomic E-state index is 13.3. The third-order valence-corrected chi connectivity index (χ3v) is 2.41. The van der Waals surface area contributed by atoms with E-state index in [4.69, 9.17) is 9.52 Å². The van der Waals surface area contributed by atoms with Gasteiger partial charge in [-0.15, -0.1) is 0 Å². The van der Waals surface area contributed by atoms with Crippen LogP contribution in [-0.2, 0) is 6.54 Å². The van der Waals surface area contributed by atoms with Crippen molar-refractivity contribution in [1.29, 1.82) is 0 Å². The van der Waals surface area contributed by atoms with Gasteiger partial charge in [-0.2, -0.15) is 0 Å². The first-order chi connectivity index (χ1) is 9.08. The molecule has 0 saturated carbocycles. The molecule has 0 atom stereocenters. The number of nitrogens with one attached hydrogen (secondary N) is 1. The van der Waals surface area contributed by atoms with Crippen molar-refractivity contribution in [3.8, 4) is 0 Å². The van der Waals surface area contributed by atoms with Gasteiger partial charge in [0, 0.05) is 0 Å². The Balaban J connectivity index is 2.00. The summed E-state index contributed by atoms with van der Waals surface area (Å²) < 4.78 is 18.3. The number of furan rings is 1. The van der Waals surface area contributed by atoms with E-state index in [0.29, 0.717) is 0 Å². The van der Waals surface area contributed by atoms with E-state index in [9.17, 15) is 14.0 Å². The molecule has 1 amide bonds. The number of halogens is 1. The standard InChI is InChI=1S/C13H10FNO4/c14-10-4-2-1-3-9(10)12(16)15-7-8-5-6-11(19-8)13(17)18/h1-6H,7H2,(H,15,16)(H,17,18). The second-order valence-corrected chi connectivity index (χ2v) is 3.73. The normalized spacial score (nSPS) is 10.2. The highest BCUT2D eigenvalue weighted by atomic mass is 19.1. The van der Waals surface area contributed by atoms with E-state index in [2.05, 4.69) is 5.32 Å². The van der Waals surface area contributed by atoms with E-state index >= 15 is 0 Å². The number of aromatic carboxylic acids is 1. The summed E-state index contributed by atoms with van der Waals surface area (Å²) in [7, 11) is 0. The van der Waals surface area contributed by atoms with Gasteiger partial charge in [0.05, 0.1) is 12.1 Å². The monoisotopic (exact) mass is 263 g/mol. The van der Waals surface area contributed by atoms with Gasteiger partial charge in [0.1, 0.15) is 11.6 Å². The predicted octanol–water partition coefficient (Wildman–Crippen LogP) is 2.05. The lowest BCUT2D eigenvalue weighted by Crippen LogP contribution is -2.23. The molecule has 5 nitrogen and oxygen atoms in total. The van der Waals surface area contributed by atoms with E-state index in [0.717, 1.165) is 0 Å². The summed E-state index contributed by atoms with van der Waals surface area (Å²) >= 11 is 0. The van der Waals surface area contributed by atoms with Crippen LogP contribution in [0.2, 0.25) is 0 Å². The van der Waals surface area contributed by atoms with Crippen molar-refractivity contribution in [2.45, 2.75) is 6.54 Å². The highest BCUT2D eigenvalue weighted by Crippen LogP contribution is 2.09. The summed E-state index contributed by atoms with van der Waals surface area (Å²) in [4.78, 5) is 22.3. The molecule has 0 bridgehead atoms. The van der Waals surface area contributed by atoms with Crippen molar-refractivity contribution in [3.05, 3.63) is 59.3 Å². The van der Waals surface area contributed by atoms with Crippen LogP contribution in [0.15, 0.2) is 40.8 Å². The van der Waals surface area contributed by atoms with Crippen molar-refractivity contribution in [2.75, 3.05) is 0 Å². The number of carboxylic acid groups (broad SMARTS) is 1. The van der Waals surface area contributed by atoms with Crippen LogP contribution in [-0.4, -0.2) is 17.0 Å². The average Bonchev–Trinajstić information content (AvgIpc) is 2.85. The van der Waals surface area contributed by atoms with Crippen LogP contribution in [0.4, 0.5) is 4.39 Å². The molecule has 0 aliphatic carbocycles. The fourth-order valence-corrected chi connectivity index (χ4v) is 1.50. The molecule has 1 aromatic carbocycles. The summed E-state index contributed by atoms with van der Waals surface area (Å²) in [6, 6.07) is 8.29. The zero-order chi connectivity index (χ0) is 13.8. The Hall–Kier alpha value is -2.63. The number of rotatable bonds is 4. The largest absolute Gasteiger partial charge is 0.475 e. The molecule has 1 heterocycles. The molecule has 2 N–H and O–H groups in total. The minimum Gasteiger partial charge on any atom is -0.475 e. The van der Waals surface area contributed by atoms with Crippen molar-refractivity contribution in [1.82, 2.24) is 5.32 Å². The molecule has 0 aliphatic rings. The number of carbonyl (C=O) groups is 2. The Morgan fingerprint density at radius 3 is 2.58 bits per heavy atom. The van der Waals surface area contributed by atoms with Crippen molar-refractivity contribution >= 4 is 11.9 Å². The number of amides is 1. The molecule has 0 aliphatic heterocycles. The molecular formula is C13H10FNO4. The van der Waals surface area contributed by atoms with Gasteiger partial charge in [-0.25, -0.2) is 9.18 Å². The van der Waals surface area contributed by atoms with Gasteiger partial charge in [0.15, 0.2) is 0 Å². The molecule has 2 rings (SSSR count). The zero-order valence-electron chi connectivity index (χ0n) is 9.72. The van der Waals surface area contributed by atoms with Crippen LogP contribution in [0.5, 0.6) is 0 Å². The molecule has 0 saturated heterocycles. The molecule has 98 valence electrons. The van der Waals surface area contributed by atoms with E-state index in [1.807, 2.05) is 0 Å². The molecule has 0 fully saturated rings. The number of carbonyl (C=O) groups excluding carboxylic acids is 1. The lowest BCUT2D eigenvalue weighted by atomic mass is 10.2. The van der Waals surface area contributed by atoms with Crippen LogP contribution < -0.4 is 5.32 Å². The molecule has 0 spiro atoms. The quantitative estimate of drug-likeness (QED) is 0.884. The van der Waals surface area contributed by atoms with E-state index in [1.165, 1.54) is 30.3 Å². The number of hydrogen-bond acceptors (Lipinski definition) is 3. The molecule has 0 unspecified atom stereocenters. The lowest BCUT2D eigenvalue weighted by Gasteiger charge is -2.04. The van der Waals surface area contributed by atoms with E-state index < -0.39 is 17.7 Å². The van der Waals surface area contributed by atoms with Crippen LogP contribution >= 0.6 is 0 Å². The molecule has 6 heteroatoms. The minimum atomic E-state index is -1.19. The molecular weight excluding hydrogens is 253 g/mol. The van der Waals surface area contributed by atoms with Crippen molar-refractivity contribution < 1.29 is 23.5 Å². The first-order valence-corrected chi connectivity index (χ1v) is 5.42. The summed E-state index contributed by atoms with van der Waals surface area (Å²) in [6.45, 7) is -0.0134. The Morgan fingerprint density at radius 2 is 1.95 bits per heavy atom. The minimum absolute atomic E-state index is 0.0134. The maximum Gasteiger partial charge on any atom is 0.371 e. The molecule has 1 aromatic heterocycles. The maximum absolute atomic E-state index is 13.3. The summed E-state index contributed by atoms with van der Waals surface area (Å²) in [5.41, 5.74) is -0.0764. The third-order valence-electron chi connectivity index (χ3n) is 2.41. The van der Waals surface area contributed by atoms with Gasteiger partial charge in [-0.3, -0.25) is 4.79 Å². The first-order valence-electron chi connectivity index (χ1n) is 5.42. The fraction of sp³-hybridized carbons (Fsp3) is 0.0769. The lowest BCUT2D eigenvalue weighted by molar-refractivity contribution is 0.0660. The van der Waals surface area contributed by atoms with Gasteiger partial charge in [-0.1, -0.05) is 12.1 Å². The SMILES string of the molecule is O=C(O)c1ccc(CNC(=O)c2ccccc2F)o1. The molecule has 0 radical (unpaired) electrons. The van der Waals surface area contributed by atoms with Crippen LogP contribution in [0, 0.1) is 5.82 Å². The van der Waals surface area contributed by atoms with Gasteiger partial charge >= 0.3 is 5.97 Å². The smallest absolute Gasteiger partial charge is 0.371 e. The summed E-state index contributed by atoms with van der Waals surface area (Å²) in [5.74, 6) is -2.33. The summed E-state index contributed by atoms with van der Waals surface area (Å²) in [6.07, 6.45) is 0. The Morgan fingerprint density at radius 1 is 1.21 bits per heavy atom. The number of benzene rings is 1. The average molecular weight is 263 g/mol. The van der Waals surface area contributed by atoms with Crippen LogP contribution in [0.1, 0.15) is 26.7 Å². The number of hydrogen-bond donors (Lipinski definition) is 2. The zero-order valence-corrected chi connectivity index (χ0v) is 9.72. The van der Waals surface area contributed by atoms with Crippen LogP contribution in [0.25, 0.3) is 0 Å². The highest BCUT2D eigenvalue weighted by Gasteiger charge is 2.12. The van der Waals surface area contributed by atoms with Gasteiger partial charge in [0.2, 0.25) is 5.76 Å². The Kier molecular flexibility index (Phi) is 3.61. The van der Waals surface area contributed by atoms with Gasteiger partial charge < -0.3 is 14.8 Å². The first kappa shape index (κ1) is 12.8. The van der Waals surface area contributed by atoms with E-state index in [-0.39, 0.29) is 23.6 Å². The molecule has 19 heavy (non-hydrogen) atoms. The number of carboxylic acids is 1. The third kappa shape index (κ3) is 2.98. The van der Waals surface area contributed by atoms with Gasteiger partial charge in [-0.05, 0) is 24.3 Å². The van der Waals surface area contributed by atoms with Crippen molar-refractivity contribution in [2.24, 2.45) is 0 Å². The highest BCUT2D eigenvalue weighted by molar-refractivity contribution is 5.94. The second-order valence-electron chi connectivity index (χ2n) is 3.73. The summed E-state index contributed by atoms with van der Waals surface area (Å²) in [5, 5.41) is 11.1. The topological polar surface area (TPSA) is 79.5 Å². The Labute approximate surface area is 107 Å².